The van der Waals surface area contributed by atoms with Crippen LogP contribution in [0, 0.1) is 0 Å². The van der Waals surface area contributed by atoms with Crippen molar-refractivity contribution >= 4 is 12.2 Å². The van der Waals surface area contributed by atoms with Crippen molar-refractivity contribution in [2.45, 2.75) is 19.4 Å². The van der Waals surface area contributed by atoms with E-state index in [-0.39, 0.29) is 6.61 Å². The van der Waals surface area contributed by atoms with Gasteiger partial charge in [-0.25, -0.2) is 9.59 Å². The number of alkyl carbamates (subject to hydrolysis) is 1. The van der Waals surface area contributed by atoms with Gasteiger partial charge >= 0.3 is 12.2 Å². The van der Waals surface area contributed by atoms with E-state index in [1.54, 1.807) is 0 Å². The molecule has 2 amide bonds. The topological polar surface area (TPSA) is 90.9 Å². The second-order valence-electron chi connectivity index (χ2n) is 5.23. The first-order valence-electron chi connectivity index (χ1n) is 7.68. The van der Waals surface area contributed by atoms with E-state index in [0.717, 1.165) is 31.5 Å². The Balaban J connectivity index is 1.99. The van der Waals surface area contributed by atoms with Gasteiger partial charge < -0.3 is 25.4 Å². The summed E-state index contributed by atoms with van der Waals surface area (Å²) in [5, 5.41) is 13.5. The lowest BCUT2D eigenvalue weighted by Crippen LogP contribution is -2.30. The molecule has 0 atom stereocenters. The molecule has 0 bridgehead atoms. The van der Waals surface area contributed by atoms with E-state index < -0.39 is 12.2 Å². The Labute approximate surface area is 136 Å². The minimum atomic E-state index is -0.995. The molecule has 1 aromatic carbocycles. The van der Waals surface area contributed by atoms with Crippen molar-refractivity contribution < 1.29 is 19.4 Å². The van der Waals surface area contributed by atoms with Crippen LogP contribution < -0.4 is 10.6 Å². The Kier molecular flexibility index (Phi) is 9.23. The van der Waals surface area contributed by atoms with Gasteiger partial charge in [-0.15, -0.1) is 0 Å². The number of nitrogens with zero attached hydrogens (tertiary/aromatic N) is 1. The number of hydrogen-bond acceptors (Lipinski definition) is 4. The smallest absolute Gasteiger partial charge is 0.407 e. The molecule has 1 aromatic rings. The third-order valence-corrected chi connectivity index (χ3v) is 3.19. The molecule has 1 rings (SSSR count). The maximum absolute atomic E-state index is 11.5. The highest BCUT2D eigenvalue weighted by Gasteiger charge is 2.03. The molecule has 0 saturated carbocycles. The molecule has 0 unspecified atom stereocenters. The Morgan fingerprint density at radius 3 is 2.30 bits per heavy atom. The van der Waals surface area contributed by atoms with E-state index in [1.165, 1.54) is 0 Å². The summed E-state index contributed by atoms with van der Waals surface area (Å²) in [4.78, 5) is 23.9. The predicted molar refractivity (Wildman–Crippen MR) is 87.4 cm³/mol. The lowest BCUT2D eigenvalue weighted by molar-refractivity contribution is 0.139. The van der Waals surface area contributed by atoms with Gasteiger partial charge in [-0.1, -0.05) is 30.3 Å². The van der Waals surface area contributed by atoms with Crippen molar-refractivity contribution in [1.29, 1.82) is 0 Å². The van der Waals surface area contributed by atoms with Crippen LogP contribution in [0.25, 0.3) is 0 Å². The lowest BCUT2D eigenvalue weighted by atomic mass is 10.2. The standard InChI is InChI=1S/C16H25N3O4/c1-19(11-5-9-17-15(20)21)12-6-10-18-16(22)23-13-14-7-3-2-4-8-14/h2-4,7-8,17H,5-6,9-13H2,1H3,(H,18,22)(H,20,21). The molecule has 0 saturated heterocycles. The number of ether oxygens (including phenoxy) is 1. The number of hydrogen-bond donors (Lipinski definition) is 3. The Morgan fingerprint density at radius 2 is 1.70 bits per heavy atom. The molecule has 23 heavy (non-hydrogen) atoms. The van der Waals surface area contributed by atoms with Gasteiger partial charge in [0.05, 0.1) is 0 Å². The van der Waals surface area contributed by atoms with Crippen LogP contribution in [0.5, 0.6) is 0 Å². The summed E-state index contributed by atoms with van der Waals surface area (Å²) in [7, 11) is 1.97. The molecular formula is C16H25N3O4. The second-order valence-corrected chi connectivity index (χ2v) is 5.23. The first-order valence-corrected chi connectivity index (χ1v) is 7.68. The van der Waals surface area contributed by atoms with E-state index in [1.807, 2.05) is 37.4 Å². The minimum absolute atomic E-state index is 0.267. The summed E-state index contributed by atoms with van der Waals surface area (Å²) < 4.78 is 5.11. The molecule has 0 aliphatic heterocycles. The van der Waals surface area contributed by atoms with Gasteiger partial charge in [0.1, 0.15) is 6.61 Å². The first-order chi connectivity index (χ1) is 11.1. The first kappa shape index (κ1) is 18.8. The fourth-order valence-corrected chi connectivity index (χ4v) is 1.97. The van der Waals surface area contributed by atoms with Gasteiger partial charge in [0.15, 0.2) is 0 Å². The fourth-order valence-electron chi connectivity index (χ4n) is 1.97. The van der Waals surface area contributed by atoms with Crippen molar-refractivity contribution in [3.63, 3.8) is 0 Å². The Hall–Kier alpha value is -2.28. The summed E-state index contributed by atoms with van der Waals surface area (Å²) in [6, 6.07) is 9.53. The van der Waals surface area contributed by atoms with Gasteiger partial charge in [0.25, 0.3) is 0 Å². The summed E-state index contributed by atoms with van der Waals surface area (Å²) in [5.41, 5.74) is 0.956. The summed E-state index contributed by atoms with van der Waals surface area (Å²) >= 11 is 0. The van der Waals surface area contributed by atoms with Crippen molar-refractivity contribution in [1.82, 2.24) is 15.5 Å². The lowest BCUT2D eigenvalue weighted by Gasteiger charge is -2.16. The summed E-state index contributed by atoms with van der Waals surface area (Å²) in [5.74, 6) is 0. The van der Waals surface area contributed by atoms with Crippen LogP contribution in [-0.4, -0.2) is 55.4 Å². The number of carbonyl (C=O) groups is 2. The van der Waals surface area contributed by atoms with Crippen molar-refractivity contribution in [2.75, 3.05) is 33.2 Å². The highest BCUT2D eigenvalue weighted by molar-refractivity contribution is 5.67. The zero-order valence-corrected chi connectivity index (χ0v) is 13.5. The minimum Gasteiger partial charge on any atom is -0.465 e. The average Bonchev–Trinajstić information content (AvgIpc) is 2.54. The maximum Gasteiger partial charge on any atom is 0.407 e. The number of benzene rings is 1. The van der Waals surface area contributed by atoms with E-state index in [4.69, 9.17) is 9.84 Å². The summed E-state index contributed by atoms with van der Waals surface area (Å²) in [6.07, 6.45) is 0.159. The molecule has 0 fully saturated rings. The van der Waals surface area contributed by atoms with Crippen molar-refractivity contribution in [2.24, 2.45) is 0 Å². The van der Waals surface area contributed by atoms with E-state index in [9.17, 15) is 9.59 Å². The SMILES string of the molecule is CN(CCCNC(=O)O)CCCNC(=O)OCc1ccccc1. The second kappa shape index (κ2) is 11.3. The van der Waals surface area contributed by atoms with Gasteiger partial charge in [-0.05, 0) is 38.5 Å². The van der Waals surface area contributed by atoms with Gasteiger partial charge in [0.2, 0.25) is 0 Å². The van der Waals surface area contributed by atoms with Crippen molar-refractivity contribution in [3.8, 4) is 0 Å². The Morgan fingerprint density at radius 1 is 1.09 bits per heavy atom. The number of carbonyl (C=O) groups excluding carboxylic acids is 1. The Bertz CT molecular complexity index is 468. The van der Waals surface area contributed by atoms with Crippen LogP contribution in [0.3, 0.4) is 0 Å². The zero-order chi connectivity index (χ0) is 16.9. The largest absolute Gasteiger partial charge is 0.465 e. The van der Waals surface area contributed by atoms with E-state index >= 15 is 0 Å². The van der Waals surface area contributed by atoms with Crippen LogP contribution in [0.2, 0.25) is 0 Å². The molecule has 0 aliphatic rings. The van der Waals surface area contributed by atoms with Crippen LogP contribution in [-0.2, 0) is 11.3 Å². The normalized spacial score (nSPS) is 10.3. The van der Waals surface area contributed by atoms with E-state index in [0.29, 0.717) is 13.1 Å². The highest BCUT2D eigenvalue weighted by Crippen LogP contribution is 2.00. The third kappa shape index (κ3) is 10.1. The highest BCUT2D eigenvalue weighted by atomic mass is 16.5. The molecule has 0 aromatic heterocycles. The monoisotopic (exact) mass is 323 g/mol. The molecule has 0 spiro atoms. The fraction of sp³-hybridized carbons (Fsp3) is 0.500. The van der Waals surface area contributed by atoms with Crippen LogP contribution in [0.15, 0.2) is 30.3 Å². The molecule has 3 N–H and O–H groups in total. The molecule has 0 aliphatic carbocycles. The molecule has 7 heteroatoms. The number of nitrogens with one attached hydrogen (secondary N) is 2. The van der Waals surface area contributed by atoms with E-state index in [2.05, 4.69) is 15.5 Å². The third-order valence-electron chi connectivity index (χ3n) is 3.19. The molecule has 128 valence electrons. The number of rotatable bonds is 10. The van der Waals surface area contributed by atoms with Crippen LogP contribution in [0.4, 0.5) is 9.59 Å². The summed E-state index contributed by atoms with van der Waals surface area (Å²) in [6.45, 7) is 2.89. The molecular weight excluding hydrogens is 298 g/mol. The van der Waals surface area contributed by atoms with Gasteiger partial charge in [-0.2, -0.15) is 0 Å². The zero-order valence-electron chi connectivity index (χ0n) is 13.5. The van der Waals surface area contributed by atoms with Gasteiger partial charge in [0, 0.05) is 13.1 Å². The van der Waals surface area contributed by atoms with Crippen LogP contribution in [0.1, 0.15) is 18.4 Å². The molecule has 0 radical (unpaired) electrons. The maximum atomic E-state index is 11.5. The quantitative estimate of drug-likeness (QED) is 0.572. The van der Waals surface area contributed by atoms with Gasteiger partial charge in [-0.3, -0.25) is 0 Å². The van der Waals surface area contributed by atoms with Crippen LogP contribution >= 0.6 is 0 Å². The predicted octanol–water partition coefficient (Wildman–Crippen LogP) is 1.89. The molecule has 0 heterocycles. The average molecular weight is 323 g/mol. The van der Waals surface area contributed by atoms with Crippen molar-refractivity contribution in [3.05, 3.63) is 35.9 Å². The molecule has 7 nitrogen and oxygen atoms in total. The number of amides is 2. The number of carboxylic acid groups (broad SMARTS) is 1.